The van der Waals surface area contributed by atoms with Gasteiger partial charge in [-0.3, -0.25) is 4.79 Å². The Bertz CT molecular complexity index is 1030. The predicted octanol–water partition coefficient (Wildman–Crippen LogP) is 3.91. The van der Waals surface area contributed by atoms with Crippen molar-refractivity contribution in [1.29, 1.82) is 0 Å². The molecule has 0 radical (unpaired) electrons. The molecule has 0 aliphatic carbocycles. The van der Waals surface area contributed by atoms with E-state index in [0.717, 1.165) is 35.4 Å². The number of piperidine rings is 1. The molecule has 1 N–H and O–H groups in total. The lowest BCUT2D eigenvalue weighted by molar-refractivity contribution is -0.137. The maximum absolute atomic E-state index is 12.9. The normalized spacial score (nSPS) is 16.4. The molecular weight excluding hydrogens is 417 g/mol. The monoisotopic (exact) mass is 440 g/mol. The summed E-state index contributed by atoms with van der Waals surface area (Å²) >= 11 is 0. The van der Waals surface area contributed by atoms with Gasteiger partial charge >= 0.3 is 6.18 Å². The van der Waals surface area contributed by atoms with E-state index in [1.807, 2.05) is 13.8 Å². The number of hydrogen-bond donors (Lipinski definition) is 1. The van der Waals surface area contributed by atoms with Gasteiger partial charge < -0.3 is 5.32 Å². The second-order valence-corrected chi connectivity index (χ2v) is 9.41. The highest BCUT2D eigenvalue weighted by Gasteiger charge is 2.32. The van der Waals surface area contributed by atoms with E-state index in [1.165, 1.54) is 4.31 Å². The highest BCUT2D eigenvalue weighted by Crippen LogP contribution is 2.29. The van der Waals surface area contributed by atoms with Gasteiger partial charge in [-0.15, -0.1) is 0 Å². The van der Waals surface area contributed by atoms with Crippen LogP contribution < -0.4 is 5.32 Å². The number of halogens is 3. The summed E-state index contributed by atoms with van der Waals surface area (Å²) < 4.78 is 65.0. The van der Waals surface area contributed by atoms with Gasteiger partial charge in [0.2, 0.25) is 10.0 Å². The number of carbonyl (C=O) groups is 1. The molecule has 162 valence electrons. The van der Waals surface area contributed by atoms with Gasteiger partial charge in [0.15, 0.2) is 0 Å². The average molecular weight is 440 g/mol. The molecule has 0 unspecified atom stereocenters. The molecule has 1 aliphatic rings. The number of sulfonamides is 1. The summed E-state index contributed by atoms with van der Waals surface area (Å²) in [4.78, 5) is 12.6. The molecule has 1 aliphatic heterocycles. The van der Waals surface area contributed by atoms with Crippen molar-refractivity contribution in [3.63, 3.8) is 0 Å². The third-order valence-electron chi connectivity index (χ3n) is 5.38. The van der Waals surface area contributed by atoms with Gasteiger partial charge in [-0.25, -0.2) is 8.42 Å². The summed E-state index contributed by atoms with van der Waals surface area (Å²) in [6.45, 7) is 4.29. The van der Waals surface area contributed by atoms with E-state index >= 15 is 0 Å². The first kappa shape index (κ1) is 22.3. The maximum atomic E-state index is 12.9. The van der Waals surface area contributed by atoms with Gasteiger partial charge in [0.1, 0.15) is 0 Å². The Morgan fingerprint density at radius 3 is 2.13 bits per heavy atom. The third kappa shape index (κ3) is 4.84. The van der Waals surface area contributed by atoms with Crippen molar-refractivity contribution in [2.45, 2.75) is 43.8 Å². The molecular formula is C21H23F3N2O3S. The van der Waals surface area contributed by atoms with Crippen molar-refractivity contribution >= 4 is 15.9 Å². The fourth-order valence-corrected chi connectivity index (χ4v) is 4.90. The largest absolute Gasteiger partial charge is 0.416 e. The Morgan fingerprint density at radius 1 is 1.00 bits per heavy atom. The van der Waals surface area contributed by atoms with Crippen LogP contribution in [0.25, 0.3) is 0 Å². The Kier molecular flexibility index (Phi) is 6.24. The van der Waals surface area contributed by atoms with E-state index in [4.69, 9.17) is 0 Å². The maximum Gasteiger partial charge on any atom is 0.416 e. The summed E-state index contributed by atoms with van der Waals surface area (Å²) in [7, 11) is -3.61. The van der Waals surface area contributed by atoms with Crippen LogP contribution >= 0.6 is 0 Å². The molecule has 1 heterocycles. The molecule has 9 heteroatoms. The summed E-state index contributed by atoms with van der Waals surface area (Å²) in [5.41, 5.74) is 1.23. The number of benzene rings is 2. The first-order chi connectivity index (χ1) is 14.0. The Hall–Kier alpha value is -2.39. The number of hydrogen-bond acceptors (Lipinski definition) is 3. The average Bonchev–Trinajstić information content (AvgIpc) is 2.70. The second kappa shape index (κ2) is 8.39. The van der Waals surface area contributed by atoms with E-state index in [0.29, 0.717) is 12.8 Å². The van der Waals surface area contributed by atoms with Crippen LogP contribution in [0.2, 0.25) is 0 Å². The molecule has 30 heavy (non-hydrogen) atoms. The molecule has 3 rings (SSSR count). The lowest BCUT2D eigenvalue weighted by Gasteiger charge is -2.31. The molecule has 5 nitrogen and oxygen atoms in total. The van der Waals surface area contributed by atoms with E-state index in [-0.39, 0.29) is 29.6 Å². The van der Waals surface area contributed by atoms with Crippen LogP contribution in [0, 0.1) is 13.8 Å². The van der Waals surface area contributed by atoms with Crippen molar-refractivity contribution in [1.82, 2.24) is 9.62 Å². The molecule has 0 atom stereocenters. The Morgan fingerprint density at radius 2 is 1.60 bits per heavy atom. The quantitative estimate of drug-likeness (QED) is 0.784. The molecule has 2 aromatic rings. The Balaban J connectivity index is 1.60. The smallest absolute Gasteiger partial charge is 0.349 e. The van der Waals surface area contributed by atoms with Crippen LogP contribution in [0.3, 0.4) is 0 Å². The molecule has 0 aromatic heterocycles. The number of rotatable bonds is 4. The minimum absolute atomic E-state index is 0.133. The first-order valence-corrected chi connectivity index (χ1v) is 11.0. The van der Waals surface area contributed by atoms with E-state index in [2.05, 4.69) is 5.32 Å². The summed E-state index contributed by atoms with van der Waals surface area (Å²) in [5.74, 6) is -0.473. The van der Waals surface area contributed by atoms with Crippen LogP contribution in [-0.4, -0.2) is 37.8 Å². The molecule has 0 spiro atoms. The summed E-state index contributed by atoms with van der Waals surface area (Å²) in [6.07, 6.45) is -3.60. The number of aryl methyl sites for hydroxylation is 2. The summed E-state index contributed by atoms with van der Waals surface area (Å²) in [5, 5.41) is 2.78. The van der Waals surface area contributed by atoms with Gasteiger partial charge in [0.25, 0.3) is 5.91 Å². The molecule has 1 amide bonds. The molecule has 0 bridgehead atoms. The highest BCUT2D eigenvalue weighted by molar-refractivity contribution is 7.89. The van der Waals surface area contributed by atoms with Crippen molar-refractivity contribution in [3.05, 3.63) is 64.7 Å². The van der Waals surface area contributed by atoms with Crippen LogP contribution in [0.15, 0.2) is 47.4 Å². The lowest BCUT2D eigenvalue weighted by Crippen LogP contribution is -2.46. The number of alkyl halides is 3. The zero-order valence-electron chi connectivity index (χ0n) is 16.7. The highest BCUT2D eigenvalue weighted by atomic mass is 32.2. The van der Waals surface area contributed by atoms with E-state index < -0.39 is 27.7 Å². The second-order valence-electron chi connectivity index (χ2n) is 7.47. The van der Waals surface area contributed by atoms with E-state index in [9.17, 15) is 26.4 Å². The zero-order chi connectivity index (χ0) is 22.1. The van der Waals surface area contributed by atoms with Crippen LogP contribution in [0.5, 0.6) is 0 Å². The lowest BCUT2D eigenvalue weighted by atomic mass is 10.1. The fourth-order valence-electron chi connectivity index (χ4n) is 3.34. The summed E-state index contributed by atoms with van der Waals surface area (Å²) in [6, 6.07) is 8.79. The number of nitrogens with zero attached hydrogens (tertiary/aromatic N) is 1. The fraction of sp³-hybridized carbons (Fsp3) is 0.381. The topological polar surface area (TPSA) is 66.5 Å². The van der Waals surface area contributed by atoms with Crippen LogP contribution in [0.4, 0.5) is 13.2 Å². The van der Waals surface area contributed by atoms with Gasteiger partial charge in [-0.05, 0) is 74.2 Å². The third-order valence-corrected chi connectivity index (χ3v) is 7.27. The minimum Gasteiger partial charge on any atom is -0.349 e. The zero-order valence-corrected chi connectivity index (χ0v) is 17.5. The SMILES string of the molecule is Cc1ccc(S(=O)(=O)N2CCC(NC(=O)c3ccc(C(F)(F)F)cc3)CC2)cc1C. The van der Waals surface area contributed by atoms with Crippen LogP contribution in [0.1, 0.15) is 39.9 Å². The van der Waals surface area contributed by atoms with Crippen molar-refractivity contribution in [3.8, 4) is 0 Å². The molecule has 1 fully saturated rings. The predicted molar refractivity (Wildman–Crippen MR) is 107 cm³/mol. The molecule has 1 saturated heterocycles. The first-order valence-electron chi connectivity index (χ1n) is 9.54. The number of nitrogens with one attached hydrogen (secondary N) is 1. The number of amides is 1. The van der Waals surface area contributed by atoms with Crippen LogP contribution in [-0.2, 0) is 16.2 Å². The Labute approximate surface area is 173 Å². The van der Waals surface area contributed by atoms with Crippen molar-refractivity contribution in [2.75, 3.05) is 13.1 Å². The van der Waals surface area contributed by atoms with Crippen molar-refractivity contribution in [2.24, 2.45) is 0 Å². The standard InChI is InChI=1S/C21H23F3N2O3S/c1-14-3-8-19(13-15(14)2)30(28,29)26-11-9-18(10-12-26)25-20(27)16-4-6-17(7-5-16)21(22,23)24/h3-8,13,18H,9-12H2,1-2H3,(H,25,27). The van der Waals surface area contributed by atoms with E-state index in [1.54, 1.807) is 18.2 Å². The van der Waals surface area contributed by atoms with Gasteiger partial charge in [0.05, 0.1) is 10.5 Å². The van der Waals surface area contributed by atoms with Crippen molar-refractivity contribution < 1.29 is 26.4 Å². The van der Waals surface area contributed by atoms with Gasteiger partial charge in [0, 0.05) is 24.7 Å². The van der Waals surface area contributed by atoms with Gasteiger partial charge in [-0.2, -0.15) is 17.5 Å². The number of carbonyl (C=O) groups excluding carboxylic acids is 1. The molecule has 0 saturated carbocycles. The van der Waals surface area contributed by atoms with Gasteiger partial charge in [-0.1, -0.05) is 6.07 Å². The minimum atomic E-state index is -4.46. The molecule has 2 aromatic carbocycles.